The van der Waals surface area contributed by atoms with Crippen LogP contribution in [0.4, 0.5) is 10.2 Å². The topological polar surface area (TPSA) is 48.7 Å². The smallest absolute Gasteiger partial charge is 0.129 e. The number of anilines is 1. The van der Waals surface area contributed by atoms with E-state index in [0.717, 1.165) is 0 Å². The normalized spacial score (nSPS) is 9.83. The summed E-state index contributed by atoms with van der Waals surface area (Å²) >= 11 is 5.71. The Kier molecular flexibility index (Phi) is 3.75. The van der Waals surface area contributed by atoms with Crippen molar-refractivity contribution in [2.45, 2.75) is 6.54 Å². The molecule has 0 spiro atoms. The van der Waals surface area contributed by atoms with Crippen molar-refractivity contribution in [3.63, 3.8) is 0 Å². The zero-order chi connectivity index (χ0) is 13.0. The van der Waals surface area contributed by atoms with E-state index in [1.165, 1.54) is 12.3 Å². The Morgan fingerprint density at radius 3 is 2.78 bits per heavy atom. The maximum absolute atomic E-state index is 13.6. The molecule has 1 heterocycles. The highest BCUT2D eigenvalue weighted by Gasteiger charge is 2.03. The van der Waals surface area contributed by atoms with Gasteiger partial charge in [-0.1, -0.05) is 17.7 Å². The molecule has 1 aromatic carbocycles. The summed E-state index contributed by atoms with van der Waals surface area (Å²) < 4.78 is 13.6. The van der Waals surface area contributed by atoms with Crippen LogP contribution in [0.25, 0.3) is 0 Å². The number of halogens is 2. The van der Waals surface area contributed by atoms with Gasteiger partial charge in [-0.15, -0.1) is 0 Å². The standard InChI is InChI=1S/C13H9ClFN3/c14-11-3-4-13(18-8-11)17-7-10-2-1-9(6-16)5-12(10)15/h1-5,8H,7H2,(H,17,18). The fraction of sp³-hybridized carbons (Fsp3) is 0.0769. The molecule has 0 bridgehead atoms. The van der Waals surface area contributed by atoms with Crippen molar-refractivity contribution in [2.75, 3.05) is 5.32 Å². The Labute approximate surface area is 109 Å². The predicted octanol–water partition coefficient (Wildman–Crippen LogP) is 3.36. The second-order valence-corrected chi connectivity index (χ2v) is 4.07. The molecule has 90 valence electrons. The summed E-state index contributed by atoms with van der Waals surface area (Å²) in [5, 5.41) is 12.2. The Bertz CT molecular complexity index is 590. The van der Waals surface area contributed by atoms with E-state index in [-0.39, 0.29) is 0 Å². The number of nitriles is 1. The van der Waals surface area contributed by atoms with E-state index in [4.69, 9.17) is 16.9 Å². The Hall–Kier alpha value is -2.12. The largest absolute Gasteiger partial charge is 0.366 e. The zero-order valence-corrected chi connectivity index (χ0v) is 10.1. The van der Waals surface area contributed by atoms with E-state index in [2.05, 4.69) is 10.3 Å². The van der Waals surface area contributed by atoms with Crippen LogP contribution >= 0.6 is 11.6 Å². The quantitative estimate of drug-likeness (QED) is 0.922. The average molecular weight is 262 g/mol. The van der Waals surface area contributed by atoms with Crippen molar-refractivity contribution < 1.29 is 4.39 Å². The van der Waals surface area contributed by atoms with Gasteiger partial charge < -0.3 is 5.32 Å². The van der Waals surface area contributed by atoms with Gasteiger partial charge in [0.1, 0.15) is 11.6 Å². The highest BCUT2D eigenvalue weighted by molar-refractivity contribution is 6.30. The van der Waals surface area contributed by atoms with Crippen molar-refractivity contribution in [2.24, 2.45) is 0 Å². The van der Waals surface area contributed by atoms with Crippen LogP contribution in [0.15, 0.2) is 36.5 Å². The summed E-state index contributed by atoms with van der Waals surface area (Å²) in [6, 6.07) is 9.67. The third kappa shape index (κ3) is 2.96. The first-order chi connectivity index (χ1) is 8.69. The van der Waals surface area contributed by atoms with Gasteiger partial charge in [-0.3, -0.25) is 0 Å². The molecule has 0 aliphatic heterocycles. The van der Waals surface area contributed by atoms with Crippen molar-refractivity contribution in [3.05, 3.63) is 58.5 Å². The SMILES string of the molecule is N#Cc1ccc(CNc2ccc(Cl)cn2)c(F)c1. The number of rotatable bonds is 3. The van der Waals surface area contributed by atoms with Crippen molar-refractivity contribution in [1.82, 2.24) is 4.98 Å². The van der Waals surface area contributed by atoms with E-state index < -0.39 is 5.82 Å². The Morgan fingerprint density at radius 2 is 2.17 bits per heavy atom. The van der Waals surface area contributed by atoms with Gasteiger partial charge in [0.2, 0.25) is 0 Å². The minimum Gasteiger partial charge on any atom is -0.366 e. The first kappa shape index (κ1) is 12.3. The van der Waals surface area contributed by atoms with Crippen LogP contribution < -0.4 is 5.32 Å². The van der Waals surface area contributed by atoms with Gasteiger partial charge in [-0.2, -0.15) is 5.26 Å². The van der Waals surface area contributed by atoms with Gasteiger partial charge in [0, 0.05) is 18.3 Å². The molecule has 0 unspecified atom stereocenters. The highest BCUT2D eigenvalue weighted by Crippen LogP contribution is 2.13. The lowest BCUT2D eigenvalue weighted by atomic mass is 10.1. The van der Waals surface area contributed by atoms with Crippen LogP contribution in [-0.4, -0.2) is 4.98 Å². The van der Waals surface area contributed by atoms with Gasteiger partial charge in [-0.05, 0) is 24.3 Å². The molecule has 2 rings (SSSR count). The van der Waals surface area contributed by atoms with Crippen LogP contribution in [-0.2, 0) is 6.54 Å². The Morgan fingerprint density at radius 1 is 1.33 bits per heavy atom. The monoisotopic (exact) mass is 261 g/mol. The molecule has 0 amide bonds. The predicted molar refractivity (Wildman–Crippen MR) is 67.7 cm³/mol. The molecule has 0 atom stereocenters. The van der Waals surface area contributed by atoms with E-state index in [0.29, 0.717) is 28.5 Å². The molecule has 1 N–H and O–H groups in total. The Balaban J connectivity index is 2.06. The van der Waals surface area contributed by atoms with Crippen molar-refractivity contribution in [3.8, 4) is 6.07 Å². The molecule has 5 heteroatoms. The van der Waals surface area contributed by atoms with Crippen LogP contribution in [0.1, 0.15) is 11.1 Å². The van der Waals surface area contributed by atoms with Gasteiger partial charge in [0.15, 0.2) is 0 Å². The number of nitrogens with one attached hydrogen (secondary N) is 1. The molecule has 1 aromatic heterocycles. The first-order valence-electron chi connectivity index (χ1n) is 5.23. The second-order valence-electron chi connectivity index (χ2n) is 3.63. The molecule has 3 nitrogen and oxygen atoms in total. The molecule has 0 radical (unpaired) electrons. The van der Waals surface area contributed by atoms with E-state index in [9.17, 15) is 4.39 Å². The summed E-state index contributed by atoms with van der Waals surface area (Å²) in [7, 11) is 0. The fourth-order valence-electron chi connectivity index (χ4n) is 1.43. The number of nitrogens with zero attached hydrogens (tertiary/aromatic N) is 2. The van der Waals surface area contributed by atoms with Gasteiger partial charge in [-0.25, -0.2) is 9.37 Å². The van der Waals surface area contributed by atoms with Gasteiger partial charge in [0.25, 0.3) is 0 Å². The lowest BCUT2D eigenvalue weighted by Crippen LogP contribution is -2.03. The van der Waals surface area contributed by atoms with Crippen LogP contribution in [0.5, 0.6) is 0 Å². The second kappa shape index (κ2) is 5.48. The molecule has 0 aliphatic rings. The van der Waals surface area contributed by atoms with Crippen molar-refractivity contribution >= 4 is 17.4 Å². The fourth-order valence-corrected chi connectivity index (χ4v) is 1.54. The number of benzene rings is 1. The maximum atomic E-state index is 13.6. The van der Waals surface area contributed by atoms with Crippen molar-refractivity contribution in [1.29, 1.82) is 5.26 Å². The molecule has 0 saturated carbocycles. The highest BCUT2D eigenvalue weighted by atomic mass is 35.5. The molecule has 0 saturated heterocycles. The summed E-state index contributed by atoms with van der Waals surface area (Å²) in [6.07, 6.45) is 1.51. The summed E-state index contributed by atoms with van der Waals surface area (Å²) in [5.74, 6) is 0.207. The van der Waals surface area contributed by atoms with E-state index in [1.54, 1.807) is 24.3 Å². The molecule has 18 heavy (non-hydrogen) atoms. The van der Waals surface area contributed by atoms with Gasteiger partial charge in [0.05, 0.1) is 16.7 Å². The number of pyridine rings is 1. The third-order valence-corrected chi connectivity index (χ3v) is 2.59. The lowest BCUT2D eigenvalue weighted by molar-refractivity contribution is 0.612. The molecule has 0 aliphatic carbocycles. The number of hydrogen-bond acceptors (Lipinski definition) is 3. The molecule has 2 aromatic rings. The van der Waals surface area contributed by atoms with Gasteiger partial charge >= 0.3 is 0 Å². The number of hydrogen-bond donors (Lipinski definition) is 1. The maximum Gasteiger partial charge on any atom is 0.129 e. The van der Waals surface area contributed by atoms with E-state index in [1.807, 2.05) is 6.07 Å². The summed E-state index contributed by atoms with van der Waals surface area (Å²) in [6.45, 7) is 0.298. The third-order valence-electron chi connectivity index (χ3n) is 2.37. The summed E-state index contributed by atoms with van der Waals surface area (Å²) in [4.78, 5) is 4.04. The minimum atomic E-state index is -0.407. The minimum absolute atomic E-state index is 0.298. The lowest BCUT2D eigenvalue weighted by Gasteiger charge is -2.06. The summed E-state index contributed by atoms with van der Waals surface area (Å²) in [5.41, 5.74) is 0.784. The van der Waals surface area contributed by atoms with Crippen LogP contribution in [0.2, 0.25) is 5.02 Å². The van der Waals surface area contributed by atoms with Crippen LogP contribution in [0, 0.1) is 17.1 Å². The molecular formula is C13H9ClFN3. The zero-order valence-electron chi connectivity index (χ0n) is 9.32. The average Bonchev–Trinajstić information content (AvgIpc) is 2.39. The molecular weight excluding hydrogens is 253 g/mol. The number of aromatic nitrogens is 1. The van der Waals surface area contributed by atoms with Crippen LogP contribution in [0.3, 0.4) is 0 Å². The van der Waals surface area contributed by atoms with E-state index >= 15 is 0 Å². The first-order valence-corrected chi connectivity index (χ1v) is 5.61. The molecule has 0 fully saturated rings.